The molecule has 0 spiro atoms. The van der Waals surface area contributed by atoms with E-state index in [-0.39, 0.29) is 5.02 Å². The lowest BCUT2D eigenvalue weighted by Crippen LogP contribution is -1.92. The normalized spacial score (nSPS) is 10.5. The summed E-state index contributed by atoms with van der Waals surface area (Å²) in [5, 5.41) is 0.103. The standard InChI is InChI=1S/C19H14ClFO/c1-22-18-12-14(13-6-3-2-4-7-13)10-11-15(18)16-8-5-9-17(20)19(16)21/h2-12H,1H3. The molecule has 0 saturated carbocycles. The monoisotopic (exact) mass is 312 g/mol. The zero-order valence-electron chi connectivity index (χ0n) is 12.0. The minimum atomic E-state index is -0.435. The van der Waals surface area contributed by atoms with Gasteiger partial charge in [0.2, 0.25) is 0 Å². The predicted octanol–water partition coefficient (Wildman–Crippen LogP) is 5.82. The van der Waals surface area contributed by atoms with Gasteiger partial charge in [-0.1, -0.05) is 60.1 Å². The fraction of sp³-hybridized carbons (Fsp3) is 0.0526. The molecule has 3 aromatic carbocycles. The lowest BCUT2D eigenvalue weighted by Gasteiger charge is -2.12. The van der Waals surface area contributed by atoms with Gasteiger partial charge in [0, 0.05) is 11.1 Å². The molecule has 3 rings (SSSR count). The van der Waals surface area contributed by atoms with Gasteiger partial charge in [0.25, 0.3) is 0 Å². The summed E-state index contributed by atoms with van der Waals surface area (Å²) in [6.07, 6.45) is 0. The van der Waals surface area contributed by atoms with Crippen LogP contribution in [0.3, 0.4) is 0 Å². The molecule has 0 aliphatic rings. The van der Waals surface area contributed by atoms with Gasteiger partial charge in [0.05, 0.1) is 12.1 Å². The van der Waals surface area contributed by atoms with E-state index in [0.717, 1.165) is 11.1 Å². The van der Waals surface area contributed by atoms with E-state index in [4.69, 9.17) is 16.3 Å². The molecule has 0 amide bonds. The minimum Gasteiger partial charge on any atom is -0.496 e. The van der Waals surface area contributed by atoms with E-state index in [2.05, 4.69) is 0 Å². The van der Waals surface area contributed by atoms with Crippen LogP contribution < -0.4 is 4.74 Å². The number of benzene rings is 3. The lowest BCUT2D eigenvalue weighted by molar-refractivity contribution is 0.416. The molecule has 0 fully saturated rings. The van der Waals surface area contributed by atoms with Crippen LogP contribution in [0.15, 0.2) is 66.7 Å². The maximum Gasteiger partial charge on any atom is 0.149 e. The Morgan fingerprint density at radius 3 is 2.32 bits per heavy atom. The molecule has 0 bridgehead atoms. The minimum absolute atomic E-state index is 0.103. The maximum absolute atomic E-state index is 14.2. The van der Waals surface area contributed by atoms with Crippen LogP contribution in [0.2, 0.25) is 5.02 Å². The van der Waals surface area contributed by atoms with Gasteiger partial charge in [-0.2, -0.15) is 0 Å². The van der Waals surface area contributed by atoms with Crippen molar-refractivity contribution in [2.45, 2.75) is 0 Å². The van der Waals surface area contributed by atoms with Crippen molar-refractivity contribution in [3.05, 3.63) is 77.6 Å². The third-order valence-electron chi connectivity index (χ3n) is 3.55. The largest absolute Gasteiger partial charge is 0.496 e. The zero-order chi connectivity index (χ0) is 15.5. The summed E-state index contributed by atoms with van der Waals surface area (Å²) >= 11 is 5.87. The first-order chi connectivity index (χ1) is 10.7. The van der Waals surface area contributed by atoms with Crippen LogP contribution in [0.1, 0.15) is 0 Å². The Morgan fingerprint density at radius 2 is 1.59 bits per heavy atom. The summed E-state index contributed by atoms with van der Waals surface area (Å²) in [4.78, 5) is 0. The number of hydrogen-bond acceptors (Lipinski definition) is 1. The van der Waals surface area contributed by atoms with Gasteiger partial charge < -0.3 is 4.74 Å². The Morgan fingerprint density at radius 1 is 0.818 bits per heavy atom. The summed E-state index contributed by atoms with van der Waals surface area (Å²) in [5.74, 6) is 0.178. The van der Waals surface area contributed by atoms with Crippen molar-refractivity contribution in [3.63, 3.8) is 0 Å². The fourth-order valence-electron chi connectivity index (χ4n) is 2.44. The van der Waals surface area contributed by atoms with Crippen molar-refractivity contribution >= 4 is 11.6 Å². The van der Waals surface area contributed by atoms with Crippen LogP contribution >= 0.6 is 11.6 Å². The molecule has 0 saturated heterocycles. The van der Waals surface area contributed by atoms with Crippen LogP contribution in [0, 0.1) is 5.82 Å². The number of ether oxygens (including phenoxy) is 1. The van der Waals surface area contributed by atoms with E-state index in [1.54, 1.807) is 19.2 Å². The highest BCUT2D eigenvalue weighted by Crippen LogP contribution is 2.36. The first kappa shape index (κ1) is 14.6. The third kappa shape index (κ3) is 2.70. The molecule has 0 aliphatic carbocycles. The van der Waals surface area contributed by atoms with Gasteiger partial charge in [0.1, 0.15) is 11.6 Å². The van der Waals surface area contributed by atoms with Crippen LogP contribution in [0.4, 0.5) is 4.39 Å². The lowest BCUT2D eigenvalue weighted by atomic mass is 9.99. The highest BCUT2D eigenvalue weighted by atomic mass is 35.5. The first-order valence-electron chi connectivity index (χ1n) is 6.88. The van der Waals surface area contributed by atoms with Gasteiger partial charge >= 0.3 is 0 Å². The van der Waals surface area contributed by atoms with Crippen molar-refractivity contribution in [1.29, 1.82) is 0 Å². The van der Waals surface area contributed by atoms with Crippen LogP contribution in [-0.4, -0.2) is 7.11 Å². The summed E-state index contributed by atoms with van der Waals surface area (Å²) in [5.41, 5.74) is 3.22. The Bertz CT molecular complexity index is 800. The predicted molar refractivity (Wildman–Crippen MR) is 88.8 cm³/mol. The molecule has 22 heavy (non-hydrogen) atoms. The van der Waals surface area contributed by atoms with E-state index in [9.17, 15) is 4.39 Å². The Kier molecular flexibility index (Phi) is 4.12. The second-order valence-corrected chi connectivity index (χ2v) is 5.29. The van der Waals surface area contributed by atoms with Gasteiger partial charge in [0.15, 0.2) is 0 Å². The molecule has 0 N–H and O–H groups in total. The van der Waals surface area contributed by atoms with Gasteiger partial charge in [-0.3, -0.25) is 0 Å². The zero-order valence-corrected chi connectivity index (χ0v) is 12.8. The maximum atomic E-state index is 14.2. The third-order valence-corrected chi connectivity index (χ3v) is 3.84. The van der Waals surface area contributed by atoms with Gasteiger partial charge in [-0.15, -0.1) is 0 Å². The SMILES string of the molecule is COc1cc(-c2ccccc2)ccc1-c1cccc(Cl)c1F. The average Bonchev–Trinajstić information content (AvgIpc) is 2.58. The number of halogens is 2. The Labute approximate surface area is 133 Å². The summed E-state index contributed by atoms with van der Waals surface area (Å²) in [6, 6.07) is 20.6. The number of rotatable bonds is 3. The smallest absolute Gasteiger partial charge is 0.149 e. The van der Waals surface area contributed by atoms with Crippen LogP contribution in [0.25, 0.3) is 22.3 Å². The topological polar surface area (TPSA) is 9.23 Å². The molecular formula is C19H14ClFO. The fourth-order valence-corrected chi connectivity index (χ4v) is 2.61. The van der Waals surface area contributed by atoms with Crippen LogP contribution in [0.5, 0.6) is 5.75 Å². The molecule has 0 aromatic heterocycles. The summed E-state index contributed by atoms with van der Waals surface area (Å²) < 4.78 is 19.7. The van der Waals surface area contributed by atoms with E-state index in [1.807, 2.05) is 48.5 Å². The second-order valence-electron chi connectivity index (χ2n) is 4.88. The highest BCUT2D eigenvalue weighted by molar-refractivity contribution is 6.31. The summed E-state index contributed by atoms with van der Waals surface area (Å²) in [7, 11) is 1.58. The van der Waals surface area contributed by atoms with E-state index in [0.29, 0.717) is 16.9 Å². The average molecular weight is 313 g/mol. The Hall–Kier alpha value is -2.32. The number of methoxy groups -OCH3 is 1. The molecule has 0 unspecified atom stereocenters. The second kappa shape index (κ2) is 6.20. The Balaban J connectivity index is 2.12. The van der Waals surface area contributed by atoms with Crippen molar-refractivity contribution in [3.8, 4) is 28.0 Å². The molecule has 3 heteroatoms. The quantitative estimate of drug-likeness (QED) is 0.592. The molecule has 0 radical (unpaired) electrons. The van der Waals surface area contributed by atoms with E-state index >= 15 is 0 Å². The number of hydrogen-bond donors (Lipinski definition) is 0. The van der Waals surface area contributed by atoms with Gasteiger partial charge in [-0.25, -0.2) is 4.39 Å². The molecule has 110 valence electrons. The van der Waals surface area contributed by atoms with Crippen molar-refractivity contribution in [2.24, 2.45) is 0 Å². The summed E-state index contributed by atoms with van der Waals surface area (Å²) in [6.45, 7) is 0. The van der Waals surface area contributed by atoms with E-state index in [1.165, 1.54) is 6.07 Å². The van der Waals surface area contributed by atoms with Crippen molar-refractivity contribution in [1.82, 2.24) is 0 Å². The molecule has 0 aliphatic heterocycles. The first-order valence-corrected chi connectivity index (χ1v) is 7.26. The molecule has 1 nitrogen and oxygen atoms in total. The molecule has 3 aromatic rings. The van der Waals surface area contributed by atoms with Gasteiger partial charge in [-0.05, 0) is 29.3 Å². The molecular weight excluding hydrogens is 299 g/mol. The highest BCUT2D eigenvalue weighted by Gasteiger charge is 2.13. The van der Waals surface area contributed by atoms with Crippen molar-refractivity contribution in [2.75, 3.05) is 7.11 Å². The molecule has 0 atom stereocenters. The molecule has 0 heterocycles. The van der Waals surface area contributed by atoms with E-state index < -0.39 is 5.82 Å². The van der Waals surface area contributed by atoms with Crippen molar-refractivity contribution < 1.29 is 9.13 Å². The van der Waals surface area contributed by atoms with Crippen LogP contribution in [-0.2, 0) is 0 Å².